The van der Waals surface area contributed by atoms with E-state index in [0.717, 1.165) is 36.0 Å². The van der Waals surface area contributed by atoms with Crippen LogP contribution in [0.4, 0.5) is 5.69 Å². The average Bonchev–Trinajstić information content (AvgIpc) is 2.95. The molecule has 1 aliphatic rings. The summed E-state index contributed by atoms with van der Waals surface area (Å²) in [4.78, 5) is 30.0. The zero-order chi connectivity index (χ0) is 19.3. The minimum absolute atomic E-state index is 0.205. The Morgan fingerprint density at radius 1 is 1.33 bits per heavy atom. The van der Waals surface area contributed by atoms with Crippen molar-refractivity contribution >= 4 is 33.1 Å². The normalized spacial score (nSPS) is 16.3. The largest absolute Gasteiger partial charge is 0.506 e. The van der Waals surface area contributed by atoms with Crippen LogP contribution in [-0.4, -0.2) is 16.0 Å². The van der Waals surface area contributed by atoms with E-state index in [1.54, 1.807) is 0 Å². The highest BCUT2D eigenvalue weighted by atomic mass is 32.1. The molecule has 0 unspecified atom stereocenters. The van der Waals surface area contributed by atoms with Crippen LogP contribution in [-0.2, 0) is 12.8 Å². The molecule has 0 radical (unpaired) electrons. The summed E-state index contributed by atoms with van der Waals surface area (Å²) < 4.78 is 0. The number of aryl methyl sites for hydroxylation is 3. The van der Waals surface area contributed by atoms with Crippen LogP contribution in [0.15, 0.2) is 23.0 Å². The fourth-order valence-electron chi connectivity index (χ4n) is 3.75. The fraction of sp³-hybridized carbons (Fsp3) is 0.333. The van der Waals surface area contributed by atoms with Crippen LogP contribution in [0.5, 0.6) is 5.75 Å². The smallest absolute Gasteiger partial charge is 0.265 e. The number of rotatable bonds is 2. The first kappa shape index (κ1) is 17.8. The van der Waals surface area contributed by atoms with Gasteiger partial charge in [-0.05, 0) is 61.8 Å². The Morgan fingerprint density at radius 3 is 2.89 bits per heavy atom. The van der Waals surface area contributed by atoms with Crippen LogP contribution in [0.25, 0.3) is 10.2 Å². The lowest BCUT2D eigenvalue weighted by atomic mass is 9.89. The molecule has 0 saturated heterocycles. The Balaban J connectivity index is 1.81. The molecule has 2 heterocycles. The maximum atomic E-state index is 12.8. The van der Waals surface area contributed by atoms with E-state index in [-0.39, 0.29) is 11.3 Å². The molecule has 3 aromatic rings. The first-order chi connectivity index (χ1) is 12.8. The molecule has 1 amide bonds. The van der Waals surface area contributed by atoms with Crippen molar-refractivity contribution in [2.24, 2.45) is 5.92 Å². The number of amides is 1. The molecule has 4 rings (SSSR count). The number of anilines is 1. The Hall–Kier alpha value is -2.60. The van der Waals surface area contributed by atoms with Crippen LogP contribution in [0.1, 0.15) is 45.3 Å². The maximum Gasteiger partial charge on any atom is 0.265 e. The summed E-state index contributed by atoms with van der Waals surface area (Å²) in [5, 5.41) is 14.2. The molecule has 0 saturated carbocycles. The Labute approximate surface area is 161 Å². The number of aromatic amines is 1. The van der Waals surface area contributed by atoms with Crippen molar-refractivity contribution in [2.45, 2.75) is 40.0 Å². The van der Waals surface area contributed by atoms with Gasteiger partial charge in [0.05, 0.1) is 5.39 Å². The van der Waals surface area contributed by atoms with Crippen molar-refractivity contribution in [3.63, 3.8) is 0 Å². The zero-order valence-electron chi connectivity index (χ0n) is 15.6. The molecule has 0 spiro atoms. The first-order valence-corrected chi connectivity index (χ1v) is 9.95. The molecule has 1 aromatic carbocycles. The lowest BCUT2D eigenvalue weighted by Crippen LogP contribution is -2.23. The van der Waals surface area contributed by atoms with E-state index in [1.807, 2.05) is 32.0 Å². The molecular weight excluding hydrogens is 360 g/mol. The van der Waals surface area contributed by atoms with E-state index in [9.17, 15) is 14.7 Å². The molecule has 0 bridgehead atoms. The summed E-state index contributed by atoms with van der Waals surface area (Å²) in [6.45, 7) is 6.03. The summed E-state index contributed by atoms with van der Waals surface area (Å²) in [5.41, 5.74) is 2.83. The number of carbonyl (C=O) groups is 1. The maximum absolute atomic E-state index is 12.8. The van der Waals surface area contributed by atoms with Gasteiger partial charge >= 0.3 is 0 Å². The number of fused-ring (bicyclic) bond motifs is 3. The fourth-order valence-corrected chi connectivity index (χ4v) is 5.16. The molecule has 3 N–H and O–H groups in total. The Morgan fingerprint density at radius 2 is 2.11 bits per heavy atom. The monoisotopic (exact) mass is 382 g/mol. The molecule has 1 aliphatic carbocycles. The molecule has 6 heteroatoms. The van der Waals surface area contributed by atoms with E-state index in [2.05, 4.69) is 17.2 Å². The number of H-pyrrole nitrogens is 1. The molecule has 27 heavy (non-hydrogen) atoms. The van der Waals surface area contributed by atoms with Gasteiger partial charge in [-0.2, -0.15) is 0 Å². The minimum Gasteiger partial charge on any atom is -0.506 e. The number of nitrogens with one attached hydrogen (secondary N) is 2. The molecule has 0 aliphatic heterocycles. The van der Waals surface area contributed by atoms with E-state index >= 15 is 0 Å². The standard InChI is InChI=1S/C21H22N2O3S/c1-10-4-6-12(3)14(8-10)22-19(25)17-18(24)16-13-7-5-11(2)9-15(13)27-21(16)23-20(17)26/h4,6,8,11H,5,7,9H2,1-3H3,(H,22,25)(H2,23,24,26)/t11-/m1/s1. The van der Waals surface area contributed by atoms with Crippen molar-refractivity contribution < 1.29 is 9.90 Å². The third kappa shape index (κ3) is 3.04. The number of pyridine rings is 1. The minimum atomic E-state index is -0.589. The number of thiophene rings is 1. The van der Waals surface area contributed by atoms with Gasteiger partial charge in [-0.15, -0.1) is 11.3 Å². The van der Waals surface area contributed by atoms with Gasteiger partial charge < -0.3 is 15.4 Å². The van der Waals surface area contributed by atoms with Gasteiger partial charge in [0, 0.05) is 10.6 Å². The number of benzene rings is 1. The molecule has 5 nitrogen and oxygen atoms in total. The van der Waals surface area contributed by atoms with Crippen molar-refractivity contribution in [1.29, 1.82) is 0 Å². The summed E-state index contributed by atoms with van der Waals surface area (Å²) in [7, 11) is 0. The summed E-state index contributed by atoms with van der Waals surface area (Å²) in [5.74, 6) is -0.205. The highest BCUT2D eigenvalue weighted by Crippen LogP contribution is 2.41. The third-order valence-electron chi connectivity index (χ3n) is 5.31. The Kier molecular flexibility index (Phi) is 4.30. The number of aromatic hydroxyl groups is 1. The lowest BCUT2D eigenvalue weighted by molar-refractivity contribution is 0.102. The van der Waals surface area contributed by atoms with Gasteiger partial charge in [-0.1, -0.05) is 19.1 Å². The van der Waals surface area contributed by atoms with Gasteiger partial charge in [-0.25, -0.2) is 0 Å². The SMILES string of the molecule is Cc1ccc(C)c(NC(=O)c2c(O)c3c4c(sc3[nH]c2=O)C[C@H](C)CC4)c1. The summed E-state index contributed by atoms with van der Waals surface area (Å²) in [6, 6.07) is 5.72. The van der Waals surface area contributed by atoms with E-state index in [4.69, 9.17) is 0 Å². The highest BCUT2D eigenvalue weighted by Gasteiger charge is 2.27. The van der Waals surface area contributed by atoms with E-state index in [1.165, 1.54) is 16.2 Å². The quantitative estimate of drug-likeness (QED) is 0.618. The first-order valence-electron chi connectivity index (χ1n) is 9.13. The summed E-state index contributed by atoms with van der Waals surface area (Å²) in [6.07, 6.45) is 2.84. The van der Waals surface area contributed by atoms with Crippen LogP contribution in [0.2, 0.25) is 0 Å². The number of hydrogen-bond acceptors (Lipinski definition) is 4. The third-order valence-corrected chi connectivity index (χ3v) is 6.48. The zero-order valence-corrected chi connectivity index (χ0v) is 16.4. The van der Waals surface area contributed by atoms with Crippen LogP contribution in [0, 0.1) is 19.8 Å². The van der Waals surface area contributed by atoms with E-state index < -0.39 is 11.5 Å². The number of carbonyl (C=O) groups excluding carboxylic acids is 1. The van der Waals surface area contributed by atoms with Crippen molar-refractivity contribution in [1.82, 2.24) is 4.98 Å². The van der Waals surface area contributed by atoms with Crippen molar-refractivity contribution in [3.05, 3.63) is 55.7 Å². The second-order valence-electron chi connectivity index (χ2n) is 7.51. The second-order valence-corrected chi connectivity index (χ2v) is 8.61. The van der Waals surface area contributed by atoms with Gasteiger partial charge in [-0.3, -0.25) is 9.59 Å². The van der Waals surface area contributed by atoms with Gasteiger partial charge in [0.15, 0.2) is 0 Å². The van der Waals surface area contributed by atoms with Gasteiger partial charge in [0.1, 0.15) is 16.1 Å². The average molecular weight is 382 g/mol. The van der Waals surface area contributed by atoms with Crippen molar-refractivity contribution in [2.75, 3.05) is 5.32 Å². The molecule has 1 atom stereocenters. The van der Waals surface area contributed by atoms with Crippen molar-refractivity contribution in [3.8, 4) is 5.75 Å². The summed E-state index contributed by atoms with van der Waals surface area (Å²) >= 11 is 1.51. The predicted octanol–water partition coefficient (Wildman–Crippen LogP) is 4.29. The number of aromatic nitrogens is 1. The lowest BCUT2D eigenvalue weighted by Gasteiger charge is -2.18. The molecular formula is C21H22N2O3S. The van der Waals surface area contributed by atoms with Gasteiger partial charge in [0.25, 0.3) is 11.5 Å². The molecule has 140 valence electrons. The van der Waals surface area contributed by atoms with Crippen LogP contribution >= 0.6 is 11.3 Å². The predicted molar refractivity (Wildman–Crippen MR) is 109 cm³/mol. The van der Waals surface area contributed by atoms with E-state index in [0.29, 0.717) is 21.8 Å². The van der Waals surface area contributed by atoms with Crippen LogP contribution in [0.3, 0.4) is 0 Å². The topological polar surface area (TPSA) is 82.2 Å². The Bertz CT molecular complexity index is 1130. The van der Waals surface area contributed by atoms with Gasteiger partial charge in [0.2, 0.25) is 0 Å². The number of hydrogen-bond donors (Lipinski definition) is 3. The highest BCUT2D eigenvalue weighted by molar-refractivity contribution is 7.18. The van der Waals surface area contributed by atoms with Crippen LogP contribution < -0.4 is 10.9 Å². The molecule has 0 fully saturated rings. The molecule has 2 aromatic heterocycles. The second kappa shape index (κ2) is 6.53.